The fraction of sp³-hybridized carbons (Fsp3) is 0.190. The number of allylic oxidation sites excluding steroid dienone is 1. The molecule has 0 amide bonds. The van der Waals surface area contributed by atoms with Crippen molar-refractivity contribution < 1.29 is 3.07 Å². The zero-order valence-corrected chi connectivity index (χ0v) is 17.4. The standard InChI is InChI=1S/C18H16NO.3CH3.Sn/c20-18(14-13-17-10-5-2-6-11-17)19-15-7-12-16-8-3-1-4-9-16;;;;/h1-15,18H;3*1H3;/q-1;;;;+1/b12-7+,14-13+,19-15+;;;;. The van der Waals surface area contributed by atoms with Gasteiger partial charge in [0, 0.05) is 0 Å². The molecule has 0 saturated carbocycles. The second-order valence-electron chi connectivity index (χ2n) is 6.46. The Morgan fingerprint density at radius 1 is 0.833 bits per heavy atom. The number of nitrogens with zero attached hydrogens (tertiary/aromatic N) is 1. The number of hydrogen-bond donors (Lipinski definition) is 0. The maximum absolute atomic E-state index is 6.20. The third-order valence-electron chi connectivity index (χ3n) is 3.13. The molecule has 0 aromatic heterocycles. The SMILES string of the molecule is [CH3][Sn]([CH3])([CH3])[O]C(/C=C/c1ccccc1)/N=C/C=C/c1ccccc1. The first-order valence-corrected chi connectivity index (χ1v) is 17.9. The molecule has 0 radical (unpaired) electrons. The second kappa shape index (κ2) is 9.60. The van der Waals surface area contributed by atoms with Gasteiger partial charge in [-0.2, -0.15) is 0 Å². The maximum atomic E-state index is 6.20. The summed E-state index contributed by atoms with van der Waals surface area (Å²) in [6.07, 6.45) is 9.71. The van der Waals surface area contributed by atoms with Gasteiger partial charge in [0.25, 0.3) is 0 Å². The van der Waals surface area contributed by atoms with Crippen molar-refractivity contribution in [1.82, 2.24) is 0 Å². The van der Waals surface area contributed by atoms with E-state index in [1.165, 1.54) is 0 Å². The van der Waals surface area contributed by atoms with Gasteiger partial charge in [0.1, 0.15) is 0 Å². The summed E-state index contributed by atoms with van der Waals surface area (Å²) in [5, 5.41) is 0. The van der Waals surface area contributed by atoms with E-state index < -0.39 is 18.8 Å². The van der Waals surface area contributed by atoms with Crippen molar-refractivity contribution in [2.45, 2.75) is 21.0 Å². The Morgan fingerprint density at radius 2 is 1.38 bits per heavy atom. The van der Waals surface area contributed by atoms with Crippen molar-refractivity contribution in [2.24, 2.45) is 4.99 Å². The molecule has 2 nitrogen and oxygen atoms in total. The van der Waals surface area contributed by atoms with Crippen LogP contribution in [0, 0.1) is 0 Å². The van der Waals surface area contributed by atoms with Crippen LogP contribution in [-0.2, 0) is 3.07 Å². The number of hydrogen-bond acceptors (Lipinski definition) is 2. The van der Waals surface area contributed by atoms with E-state index in [2.05, 4.69) is 50.2 Å². The summed E-state index contributed by atoms with van der Waals surface area (Å²) in [6, 6.07) is 20.4. The van der Waals surface area contributed by atoms with Crippen molar-refractivity contribution in [3.63, 3.8) is 0 Å². The van der Waals surface area contributed by atoms with Crippen LogP contribution >= 0.6 is 0 Å². The minimum absolute atomic E-state index is 0.221. The monoisotopic (exact) mass is 427 g/mol. The second-order valence-corrected chi connectivity index (χ2v) is 19.2. The molecule has 2 aromatic rings. The fourth-order valence-electron chi connectivity index (χ4n) is 2.09. The number of benzene rings is 2. The Bertz CT molecular complexity index is 685. The van der Waals surface area contributed by atoms with Gasteiger partial charge < -0.3 is 0 Å². The quantitative estimate of drug-likeness (QED) is 0.414. The molecular weight excluding hydrogens is 401 g/mol. The van der Waals surface area contributed by atoms with Crippen LogP contribution in [0.5, 0.6) is 0 Å². The summed E-state index contributed by atoms with van der Waals surface area (Å²) < 4.78 is 6.20. The molecule has 0 N–H and O–H groups in total. The number of rotatable bonds is 7. The van der Waals surface area contributed by atoms with E-state index in [9.17, 15) is 0 Å². The van der Waals surface area contributed by atoms with Crippen LogP contribution in [0.2, 0.25) is 14.8 Å². The zero-order valence-electron chi connectivity index (χ0n) is 14.6. The van der Waals surface area contributed by atoms with Gasteiger partial charge in [0.05, 0.1) is 0 Å². The van der Waals surface area contributed by atoms with Crippen LogP contribution in [0.25, 0.3) is 12.2 Å². The van der Waals surface area contributed by atoms with Crippen molar-refractivity contribution in [1.29, 1.82) is 0 Å². The molecule has 0 spiro atoms. The van der Waals surface area contributed by atoms with Crippen molar-refractivity contribution >= 4 is 37.2 Å². The predicted octanol–water partition coefficient (Wildman–Crippen LogP) is 5.66. The summed E-state index contributed by atoms with van der Waals surface area (Å²) in [5.74, 6) is 0. The van der Waals surface area contributed by atoms with Gasteiger partial charge in [0.2, 0.25) is 0 Å². The van der Waals surface area contributed by atoms with E-state index in [-0.39, 0.29) is 6.23 Å². The van der Waals surface area contributed by atoms with E-state index in [0.717, 1.165) is 11.1 Å². The molecule has 2 rings (SSSR count). The van der Waals surface area contributed by atoms with E-state index in [1.54, 1.807) is 0 Å². The molecule has 24 heavy (non-hydrogen) atoms. The molecule has 3 heteroatoms. The molecule has 0 saturated heterocycles. The predicted molar refractivity (Wildman–Crippen MR) is 108 cm³/mol. The molecule has 1 unspecified atom stereocenters. The normalized spacial score (nSPS) is 14.0. The topological polar surface area (TPSA) is 21.6 Å². The van der Waals surface area contributed by atoms with Crippen molar-refractivity contribution in [3.05, 3.63) is 83.9 Å². The molecule has 124 valence electrons. The third kappa shape index (κ3) is 7.75. The Labute approximate surface area is 150 Å². The van der Waals surface area contributed by atoms with Gasteiger partial charge in [-0.1, -0.05) is 0 Å². The third-order valence-corrected chi connectivity index (χ3v) is 5.84. The van der Waals surface area contributed by atoms with Gasteiger partial charge >= 0.3 is 150 Å². The summed E-state index contributed by atoms with van der Waals surface area (Å²) in [4.78, 5) is 11.3. The van der Waals surface area contributed by atoms with Crippen LogP contribution in [0.15, 0.2) is 77.8 Å². The van der Waals surface area contributed by atoms with E-state index in [1.807, 2.05) is 60.8 Å². The van der Waals surface area contributed by atoms with Gasteiger partial charge in [-0.15, -0.1) is 0 Å². The van der Waals surface area contributed by atoms with Crippen molar-refractivity contribution in [2.75, 3.05) is 0 Å². The fourth-order valence-corrected chi connectivity index (χ4v) is 4.56. The van der Waals surface area contributed by atoms with Crippen LogP contribution in [0.1, 0.15) is 11.1 Å². The molecule has 2 aromatic carbocycles. The summed E-state index contributed by atoms with van der Waals surface area (Å²) in [6.45, 7) is 0. The van der Waals surface area contributed by atoms with Gasteiger partial charge in [0.15, 0.2) is 0 Å². The Kier molecular flexibility index (Phi) is 7.47. The Morgan fingerprint density at radius 3 is 1.92 bits per heavy atom. The molecule has 0 aliphatic heterocycles. The minimum atomic E-state index is -2.40. The van der Waals surface area contributed by atoms with Crippen LogP contribution < -0.4 is 0 Å². The Hall–Kier alpha value is -1.65. The summed E-state index contributed by atoms with van der Waals surface area (Å²) in [7, 11) is 0. The molecular formula is C21H25NOSn. The van der Waals surface area contributed by atoms with E-state index in [4.69, 9.17) is 3.07 Å². The first-order valence-electron chi connectivity index (χ1n) is 8.19. The summed E-state index contributed by atoms with van der Waals surface area (Å²) in [5.41, 5.74) is 2.32. The molecule has 1 atom stereocenters. The summed E-state index contributed by atoms with van der Waals surface area (Å²) >= 11 is -2.40. The zero-order chi connectivity index (χ0) is 17.3. The molecule has 0 aliphatic carbocycles. The van der Waals surface area contributed by atoms with Crippen LogP contribution in [0.3, 0.4) is 0 Å². The molecule has 0 bridgehead atoms. The number of aliphatic imine (C=N–C) groups is 1. The van der Waals surface area contributed by atoms with Crippen molar-refractivity contribution in [3.8, 4) is 0 Å². The molecule has 0 heterocycles. The first kappa shape index (κ1) is 18.7. The molecule has 0 aliphatic rings. The average molecular weight is 426 g/mol. The van der Waals surface area contributed by atoms with E-state index >= 15 is 0 Å². The average Bonchev–Trinajstić information content (AvgIpc) is 2.57. The molecule has 0 fully saturated rings. The van der Waals surface area contributed by atoms with Crippen LogP contribution in [0.4, 0.5) is 0 Å². The first-order chi connectivity index (χ1) is 11.5. The van der Waals surface area contributed by atoms with Gasteiger partial charge in [-0.05, 0) is 0 Å². The van der Waals surface area contributed by atoms with Crippen LogP contribution in [-0.4, -0.2) is 31.2 Å². The van der Waals surface area contributed by atoms with E-state index in [0.29, 0.717) is 0 Å². The van der Waals surface area contributed by atoms with Gasteiger partial charge in [-0.25, -0.2) is 0 Å². The van der Waals surface area contributed by atoms with Gasteiger partial charge in [-0.3, -0.25) is 0 Å². The Balaban J connectivity index is 2.04.